The lowest BCUT2D eigenvalue weighted by atomic mass is 10.1. The first-order valence-corrected chi connectivity index (χ1v) is 7.01. The lowest BCUT2D eigenvalue weighted by molar-refractivity contribution is 0.372. The SMILES string of the molecule is CCCc1c(N)ncnc1N(CC)C(C)CN(C)C. The van der Waals surface area contributed by atoms with E-state index in [0.717, 1.165) is 37.3 Å². The van der Waals surface area contributed by atoms with Crippen molar-refractivity contribution in [3.8, 4) is 0 Å². The molecule has 0 aliphatic rings. The van der Waals surface area contributed by atoms with Crippen LogP contribution in [0.5, 0.6) is 0 Å². The molecule has 0 aromatic carbocycles. The summed E-state index contributed by atoms with van der Waals surface area (Å²) in [4.78, 5) is 13.1. The Morgan fingerprint density at radius 3 is 2.47 bits per heavy atom. The van der Waals surface area contributed by atoms with Gasteiger partial charge in [0.2, 0.25) is 0 Å². The molecule has 0 spiro atoms. The maximum atomic E-state index is 6.01. The second kappa shape index (κ2) is 7.28. The Hall–Kier alpha value is -1.36. The fourth-order valence-electron chi connectivity index (χ4n) is 2.45. The molecule has 1 heterocycles. The number of hydrogen-bond donors (Lipinski definition) is 1. The minimum atomic E-state index is 0.393. The molecule has 0 saturated heterocycles. The summed E-state index contributed by atoms with van der Waals surface area (Å²) >= 11 is 0. The maximum Gasteiger partial charge on any atom is 0.137 e. The standard InChI is InChI=1S/C14H27N5/c1-6-8-12-13(15)16-10-17-14(12)19(7-2)11(3)9-18(4)5/h10-11H,6-9H2,1-5H3,(H2,15,16,17). The number of nitrogens with zero attached hydrogens (tertiary/aromatic N) is 4. The van der Waals surface area contributed by atoms with Gasteiger partial charge in [0, 0.05) is 24.7 Å². The zero-order chi connectivity index (χ0) is 14.4. The minimum absolute atomic E-state index is 0.393. The number of nitrogen functional groups attached to an aromatic ring is 1. The van der Waals surface area contributed by atoms with E-state index in [2.05, 4.69) is 54.6 Å². The Balaban J connectivity index is 3.06. The van der Waals surface area contributed by atoms with E-state index in [0.29, 0.717) is 11.9 Å². The number of rotatable bonds is 7. The van der Waals surface area contributed by atoms with Crippen LogP contribution in [0.4, 0.5) is 11.6 Å². The highest BCUT2D eigenvalue weighted by Gasteiger charge is 2.19. The summed E-state index contributed by atoms with van der Waals surface area (Å²) in [6, 6.07) is 0.393. The normalized spacial score (nSPS) is 12.7. The van der Waals surface area contributed by atoms with Gasteiger partial charge in [-0.2, -0.15) is 0 Å². The Kier molecular flexibility index (Phi) is 6.02. The van der Waals surface area contributed by atoms with Crippen molar-refractivity contribution in [3.05, 3.63) is 11.9 Å². The van der Waals surface area contributed by atoms with Crippen LogP contribution in [0.1, 0.15) is 32.8 Å². The molecule has 0 fully saturated rings. The zero-order valence-electron chi connectivity index (χ0n) is 12.8. The number of aromatic nitrogens is 2. The quantitative estimate of drug-likeness (QED) is 0.814. The molecule has 1 aromatic rings. The molecule has 1 atom stereocenters. The molecule has 0 radical (unpaired) electrons. The first kappa shape index (κ1) is 15.7. The predicted molar refractivity (Wildman–Crippen MR) is 81.5 cm³/mol. The van der Waals surface area contributed by atoms with Gasteiger partial charge in [0.25, 0.3) is 0 Å². The van der Waals surface area contributed by atoms with Crippen LogP contribution in [-0.2, 0) is 6.42 Å². The molecule has 108 valence electrons. The van der Waals surface area contributed by atoms with Crippen molar-refractivity contribution in [1.82, 2.24) is 14.9 Å². The molecule has 1 rings (SSSR count). The zero-order valence-corrected chi connectivity index (χ0v) is 12.8. The van der Waals surface area contributed by atoms with Crippen LogP contribution < -0.4 is 10.6 Å². The van der Waals surface area contributed by atoms with Crippen molar-refractivity contribution in [2.45, 2.75) is 39.7 Å². The number of anilines is 2. The molecule has 0 bridgehead atoms. The molecule has 5 heteroatoms. The van der Waals surface area contributed by atoms with E-state index in [4.69, 9.17) is 5.73 Å². The summed E-state index contributed by atoms with van der Waals surface area (Å²) in [7, 11) is 4.18. The molecular weight excluding hydrogens is 238 g/mol. The largest absolute Gasteiger partial charge is 0.383 e. The first-order valence-electron chi connectivity index (χ1n) is 7.01. The molecule has 0 aliphatic heterocycles. The Morgan fingerprint density at radius 2 is 1.95 bits per heavy atom. The second-order valence-electron chi connectivity index (χ2n) is 5.21. The molecule has 0 aliphatic carbocycles. The highest BCUT2D eigenvalue weighted by atomic mass is 15.2. The summed E-state index contributed by atoms with van der Waals surface area (Å²) in [6.07, 6.45) is 3.53. The Morgan fingerprint density at radius 1 is 1.26 bits per heavy atom. The van der Waals surface area contributed by atoms with Gasteiger partial charge in [-0.25, -0.2) is 9.97 Å². The van der Waals surface area contributed by atoms with E-state index in [1.165, 1.54) is 0 Å². The van der Waals surface area contributed by atoms with Crippen LogP contribution in [0.2, 0.25) is 0 Å². The number of nitrogens with two attached hydrogens (primary N) is 1. The Bertz CT molecular complexity index is 391. The van der Waals surface area contributed by atoms with Gasteiger partial charge in [0.1, 0.15) is 18.0 Å². The third-order valence-corrected chi connectivity index (χ3v) is 3.23. The van der Waals surface area contributed by atoms with Crippen molar-refractivity contribution in [2.24, 2.45) is 0 Å². The van der Waals surface area contributed by atoms with Gasteiger partial charge in [-0.15, -0.1) is 0 Å². The fraction of sp³-hybridized carbons (Fsp3) is 0.714. The van der Waals surface area contributed by atoms with E-state index < -0.39 is 0 Å². The van der Waals surface area contributed by atoms with Gasteiger partial charge in [-0.3, -0.25) is 0 Å². The molecule has 0 saturated carbocycles. The van der Waals surface area contributed by atoms with Crippen LogP contribution in [-0.4, -0.2) is 48.1 Å². The summed E-state index contributed by atoms with van der Waals surface area (Å²) in [5.74, 6) is 1.61. The predicted octanol–water partition coefficient (Wildman–Crippen LogP) is 1.79. The van der Waals surface area contributed by atoms with E-state index >= 15 is 0 Å². The molecule has 1 aromatic heterocycles. The van der Waals surface area contributed by atoms with Gasteiger partial charge < -0.3 is 15.5 Å². The smallest absolute Gasteiger partial charge is 0.137 e. The molecule has 2 N–H and O–H groups in total. The highest BCUT2D eigenvalue weighted by Crippen LogP contribution is 2.24. The molecule has 19 heavy (non-hydrogen) atoms. The van der Waals surface area contributed by atoms with Crippen LogP contribution in [0.15, 0.2) is 6.33 Å². The Labute approximate surface area is 116 Å². The third kappa shape index (κ3) is 4.06. The van der Waals surface area contributed by atoms with E-state index in [1.807, 2.05) is 0 Å². The van der Waals surface area contributed by atoms with Gasteiger partial charge in [0.15, 0.2) is 0 Å². The average molecular weight is 265 g/mol. The van der Waals surface area contributed by atoms with Crippen molar-refractivity contribution in [2.75, 3.05) is 37.8 Å². The van der Waals surface area contributed by atoms with Gasteiger partial charge in [-0.1, -0.05) is 13.3 Å². The van der Waals surface area contributed by atoms with Gasteiger partial charge >= 0.3 is 0 Å². The number of likely N-dealkylation sites (N-methyl/N-ethyl adjacent to an activating group) is 2. The maximum absolute atomic E-state index is 6.01. The molecule has 5 nitrogen and oxygen atoms in total. The fourth-order valence-corrected chi connectivity index (χ4v) is 2.45. The first-order chi connectivity index (χ1) is 9.01. The number of hydrogen-bond acceptors (Lipinski definition) is 5. The van der Waals surface area contributed by atoms with Crippen molar-refractivity contribution in [3.63, 3.8) is 0 Å². The van der Waals surface area contributed by atoms with Gasteiger partial charge in [-0.05, 0) is 34.4 Å². The van der Waals surface area contributed by atoms with E-state index in [-0.39, 0.29) is 0 Å². The van der Waals surface area contributed by atoms with Crippen LogP contribution in [0, 0.1) is 0 Å². The molecule has 0 amide bonds. The van der Waals surface area contributed by atoms with Crippen molar-refractivity contribution >= 4 is 11.6 Å². The average Bonchev–Trinajstić information content (AvgIpc) is 2.33. The summed E-state index contributed by atoms with van der Waals surface area (Å²) in [6.45, 7) is 8.43. The third-order valence-electron chi connectivity index (χ3n) is 3.23. The van der Waals surface area contributed by atoms with Gasteiger partial charge in [0.05, 0.1) is 0 Å². The molecular formula is C14H27N5. The lowest BCUT2D eigenvalue weighted by Crippen LogP contribution is -2.41. The summed E-state index contributed by atoms with van der Waals surface area (Å²) in [5.41, 5.74) is 7.09. The summed E-state index contributed by atoms with van der Waals surface area (Å²) < 4.78 is 0. The van der Waals surface area contributed by atoms with Crippen molar-refractivity contribution < 1.29 is 0 Å². The second-order valence-corrected chi connectivity index (χ2v) is 5.21. The molecule has 1 unspecified atom stereocenters. The van der Waals surface area contributed by atoms with Crippen LogP contribution in [0.25, 0.3) is 0 Å². The lowest BCUT2D eigenvalue weighted by Gasteiger charge is -2.32. The minimum Gasteiger partial charge on any atom is -0.383 e. The van der Waals surface area contributed by atoms with E-state index in [1.54, 1.807) is 6.33 Å². The topological polar surface area (TPSA) is 58.3 Å². The van der Waals surface area contributed by atoms with Crippen LogP contribution >= 0.6 is 0 Å². The van der Waals surface area contributed by atoms with E-state index in [9.17, 15) is 0 Å². The highest BCUT2D eigenvalue weighted by molar-refractivity contribution is 5.57. The van der Waals surface area contributed by atoms with Crippen molar-refractivity contribution in [1.29, 1.82) is 0 Å². The monoisotopic (exact) mass is 265 g/mol. The summed E-state index contributed by atoms with van der Waals surface area (Å²) in [5, 5.41) is 0. The van der Waals surface area contributed by atoms with Crippen LogP contribution in [0.3, 0.4) is 0 Å².